The third-order valence-electron chi connectivity index (χ3n) is 10.2. The van der Waals surface area contributed by atoms with Crippen molar-refractivity contribution in [3.8, 4) is 0 Å². The van der Waals surface area contributed by atoms with Gasteiger partial charge in [0.05, 0.1) is 28.9 Å². The zero-order valence-corrected chi connectivity index (χ0v) is 35.2. The Labute approximate surface area is 336 Å². The minimum atomic E-state index is -2.94. The fourth-order valence-corrected chi connectivity index (χ4v) is 17.2. The fourth-order valence-electron chi connectivity index (χ4n) is 8.79. The van der Waals surface area contributed by atoms with E-state index in [-0.39, 0.29) is 44.0 Å². The number of carbonyl (C=O) groups is 4. The molecule has 5 rings (SSSR count). The van der Waals surface area contributed by atoms with Crippen LogP contribution < -0.4 is 0 Å². The molecule has 0 saturated carbocycles. The minimum Gasteiger partial charge on any atom is -0.452 e. The Balaban J connectivity index is 1.68. The summed E-state index contributed by atoms with van der Waals surface area (Å²) in [5.41, 5.74) is 0.801. The summed E-state index contributed by atoms with van der Waals surface area (Å²) in [6, 6.07) is 33.1. The monoisotopic (exact) mass is 794 g/mol. The fraction of sp³-hybridized carbons (Fsp3) is 0.391. The molecule has 0 spiro atoms. The molecule has 0 N–H and O–H groups in total. The molecule has 0 aromatic heterocycles. The second kappa shape index (κ2) is 17.6. The van der Waals surface area contributed by atoms with E-state index in [1.807, 2.05) is 0 Å². The average Bonchev–Trinajstić information content (AvgIpc) is 3.17. The third kappa shape index (κ3) is 9.72. The molecule has 302 valence electrons. The molecule has 1 aliphatic rings. The van der Waals surface area contributed by atoms with Crippen molar-refractivity contribution >= 4 is 32.2 Å². The number of rotatable bonds is 11. The van der Waals surface area contributed by atoms with Gasteiger partial charge in [0, 0.05) is 0 Å². The number of benzene rings is 4. The maximum atomic E-state index is 14.0. The van der Waals surface area contributed by atoms with E-state index in [9.17, 15) is 19.2 Å². The first-order valence-electron chi connectivity index (χ1n) is 19.2. The van der Waals surface area contributed by atoms with Crippen molar-refractivity contribution in [3.05, 3.63) is 144 Å². The summed E-state index contributed by atoms with van der Waals surface area (Å²) in [5, 5.41) is -0.957. The maximum Gasteiger partial charge on any atom is 0.340 e. The van der Waals surface area contributed by atoms with Gasteiger partial charge in [-0.15, -0.1) is 0 Å². The summed E-state index contributed by atoms with van der Waals surface area (Å²) in [6.07, 6.45) is -7.42. The van der Waals surface area contributed by atoms with E-state index in [1.165, 1.54) is 0 Å². The van der Waals surface area contributed by atoms with Crippen LogP contribution >= 0.6 is 0 Å². The minimum absolute atomic E-state index is 0.150. The van der Waals surface area contributed by atoms with E-state index in [2.05, 4.69) is 62.3 Å². The van der Waals surface area contributed by atoms with Crippen LogP contribution in [-0.4, -0.2) is 69.5 Å². The van der Waals surface area contributed by atoms with Gasteiger partial charge in [-0.2, -0.15) is 0 Å². The molecule has 5 atom stereocenters. The van der Waals surface area contributed by atoms with E-state index >= 15 is 0 Å². The number of hydrogen-bond donors (Lipinski definition) is 0. The molecule has 1 fully saturated rings. The van der Waals surface area contributed by atoms with E-state index in [4.69, 9.17) is 28.1 Å². The largest absolute Gasteiger partial charge is 0.452 e. The van der Waals surface area contributed by atoms with Crippen molar-refractivity contribution in [2.24, 2.45) is 0 Å². The van der Waals surface area contributed by atoms with Gasteiger partial charge in [0.15, 0.2) is 12.2 Å². The van der Waals surface area contributed by atoms with Crippen LogP contribution in [0.25, 0.3) is 0 Å². The van der Waals surface area contributed by atoms with E-state index in [0.717, 1.165) is 0 Å². The van der Waals surface area contributed by atoms with E-state index < -0.39 is 62.9 Å². The molecular formula is C46H54O10Si. The lowest BCUT2D eigenvalue weighted by Gasteiger charge is -2.58. The van der Waals surface area contributed by atoms with Crippen molar-refractivity contribution < 1.29 is 47.3 Å². The molecule has 10 nitrogen and oxygen atoms in total. The molecule has 4 aromatic carbocycles. The van der Waals surface area contributed by atoms with Crippen LogP contribution in [-0.2, 0) is 28.1 Å². The van der Waals surface area contributed by atoms with Crippen LogP contribution in [0.5, 0.6) is 0 Å². The molecule has 4 aromatic rings. The molecule has 1 saturated heterocycles. The molecule has 11 heteroatoms. The zero-order valence-electron chi connectivity index (χ0n) is 34.2. The Morgan fingerprint density at radius 2 is 0.754 bits per heavy atom. The second-order valence-electron chi connectivity index (χ2n) is 17.3. The van der Waals surface area contributed by atoms with E-state index in [0.29, 0.717) is 0 Å². The Kier molecular flexibility index (Phi) is 13.3. The highest BCUT2D eigenvalue weighted by Gasteiger charge is 2.63. The standard InChI is InChI=1S/C46H54O10Si/c1-44(2,3)57(45(4,5)6,46(7,8)9)51-30-35-36(53-39(47)31-22-14-10-15-23-31)37(54-40(48)32-24-16-11-17-25-32)38(55-41(49)33-26-18-12-19-27-33)43(52-35)56-42(50)34-28-20-13-21-29-34/h10-29,35-38,43H,30H2,1-9H3/t35?,36-,37+,38?,43-/m0/s1. The van der Waals surface area contributed by atoms with Crippen LogP contribution in [0.4, 0.5) is 0 Å². The first-order chi connectivity index (χ1) is 26.8. The van der Waals surface area contributed by atoms with Crippen molar-refractivity contribution in [2.75, 3.05) is 6.61 Å². The van der Waals surface area contributed by atoms with Gasteiger partial charge in [-0.25, -0.2) is 19.2 Å². The van der Waals surface area contributed by atoms with Gasteiger partial charge in [-0.3, -0.25) is 0 Å². The van der Waals surface area contributed by atoms with Gasteiger partial charge < -0.3 is 28.1 Å². The van der Waals surface area contributed by atoms with Gasteiger partial charge in [-0.05, 0) is 63.6 Å². The Hall–Kier alpha value is -5.10. The van der Waals surface area contributed by atoms with Crippen molar-refractivity contribution in [1.82, 2.24) is 0 Å². The normalized spacial score (nSPS) is 20.2. The first-order valence-corrected chi connectivity index (χ1v) is 21.1. The summed E-state index contributed by atoms with van der Waals surface area (Å²) in [5.74, 6) is -3.13. The van der Waals surface area contributed by atoms with E-state index in [1.54, 1.807) is 121 Å². The summed E-state index contributed by atoms with van der Waals surface area (Å²) in [6.45, 7) is 19.3. The predicted octanol–water partition coefficient (Wildman–Crippen LogP) is 9.61. The lowest BCUT2D eigenvalue weighted by Crippen LogP contribution is -2.66. The summed E-state index contributed by atoms with van der Waals surface area (Å²) in [7, 11) is -2.94. The Morgan fingerprint density at radius 1 is 0.456 bits per heavy atom. The second-order valence-corrected chi connectivity index (χ2v) is 23.4. The van der Waals surface area contributed by atoms with Gasteiger partial charge in [0.2, 0.25) is 20.7 Å². The molecular weight excluding hydrogens is 741 g/mol. The quantitative estimate of drug-likeness (QED) is 0.0824. The number of carbonyl (C=O) groups excluding carboxylic acids is 4. The summed E-state index contributed by atoms with van der Waals surface area (Å²) < 4.78 is 38.6. The number of ether oxygens (including phenoxy) is 5. The lowest BCUT2D eigenvalue weighted by molar-refractivity contribution is -0.282. The molecule has 0 bridgehead atoms. The zero-order chi connectivity index (χ0) is 41.6. The molecule has 1 aliphatic heterocycles. The summed E-state index contributed by atoms with van der Waals surface area (Å²) in [4.78, 5) is 55.6. The van der Waals surface area contributed by atoms with Crippen LogP contribution in [0.1, 0.15) is 104 Å². The van der Waals surface area contributed by atoms with Crippen molar-refractivity contribution in [1.29, 1.82) is 0 Å². The summed E-state index contributed by atoms with van der Waals surface area (Å²) >= 11 is 0. The predicted molar refractivity (Wildman–Crippen MR) is 218 cm³/mol. The van der Waals surface area contributed by atoms with Gasteiger partial charge in [0.25, 0.3) is 0 Å². The Morgan fingerprint density at radius 3 is 1.09 bits per heavy atom. The molecule has 0 amide bonds. The maximum absolute atomic E-state index is 14.0. The number of esters is 4. The van der Waals surface area contributed by atoms with Crippen LogP contribution in [0.15, 0.2) is 121 Å². The van der Waals surface area contributed by atoms with Gasteiger partial charge >= 0.3 is 23.9 Å². The third-order valence-corrected chi connectivity index (χ3v) is 17.2. The highest BCUT2D eigenvalue weighted by Crippen LogP contribution is 2.62. The first kappa shape index (κ1) is 43.0. The highest BCUT2D eigenvalue weighted by molar-refractivity contribution is 6.82. The lowest BCUT2D eigenvalue weighted by atomic mass is 9.97. The van der Waals surface area contributed by atoms with Gasteiger partial charge in [0.1, 0.15) is 6.10 Å². The molecule has 0 radical (unpaired) electrons. The van der Waals surface area contributed by atoms with Crippen molar-refractivity contribution in [3.63, 3.8) is 0 Å². The SMILES string of the molecule is CC(C)(C)[Si](OCC1O[C@@H](OC(=O)c2ccccc2)C(OC(=O)c2ccccc2)[C@H](OC(=O)c2ccccc2)[C@H]1OC(=O)c1ccccc1)(C(C)(C)C)C(C)(C)C. The van der Waals surface area contributed by atoms with Gasteiger partial charge in [-0.1, -0.05) is 135 Å². The molecule has 1 heterocycles. The molecule has 2 unspecified atom stereocenters. The topological polar surface area (TPSA) is 124 Å². The smallest absolute Gasteiger partial charge is 0.340 e. The average molecular weight is 795 g/mol. The van der Waals surface area contributed by atoms with Crippen LogP contribution in [0.2, 0.25) is 15.1 Å². The van der Waals surface area contributed by atoms with Crippen molar-refractivity contribution in [2.45, 2.75) is 108 Å². The molecule has 57 heavy (non-hydrogen) atoms. The number of hydrogen-bond acceptors (Lipinski definition) is 10. The Bertz CT molecular complexity index is 1930. The highest BCUT2D eigenvalue weighted by atomic mass is 28.4. The molecule has 0 aliphatic carbocycles. The van der Waals surface area contributed by atoms with Crippen LogP contribution in [0.3, 0.4) is 0 Å². The van der Waals surface area contributed by atoms with Crippen LogP contribution in [0, 0.1) is 0 Å².